The van der Waals surface area contributed by atoms with Crippen LogP contribution >= 0.6 is 0 Å². The van der Waals surface area contributed by atoms with Crippen molar-refractivity contribution in [3.05, 3.63) is 36.4 Å². The van der Waals surface area contributed by atoms with E-state index in [2.05, 4.69) is 13.2 Å². The summed E-state index contributed by atoms with van der Waals surface area (Å²) in [6, 6.07) is 0. The molecule has 0 unspecified atom stereocenters. The summed E-state index contributed by atoms with van der Waals surface area (Å²) in [5, 5.41) is 17.7. The molecule has 0 saturated heterocycles. The van der Waals surface area contributed by atoms with E-state index in [4.69, 9.17) is 10.0 Å². The van der Waals surface area contributed by atoms with Gasteiger partial charge in [0.2, 0.25) is 0 Å². The molecular weight excluding hydrogens is 181 g/mol. The first-order valence-electron chi connectivity index (χ1n) is 4.01. The van der Waals surface area contributed by atoms with Crippen molar-refractivity contribution in [1.29, 1.82) is 0 Å². The molecule has 0 spiro atoms. The zero-order valence-electron chi connectivity index (χ0n) is 8.40. The number of carbonyl (C=O) groups is 1. The van der Waals surface area contributed by atoms with Gasteiger partial charge in [0.1, 0.15) is 0 Å². The fraction of sp³-hybridized carbons (Fsp3) is 0.222. The van der Waals surface area contributed by atoms with Crippen LogP contribution in [0.2, 0.25) is 0 Å². The number of allylic oxidation sites excluding steroid dienone is 2. The highest BCUT2D eigenvalue weighted by Gasteiger charge is 2.22. The summed E-state index contributed by atoms with van der Waals surface area (Å²) in [5.74, 6) is -0.344. The van der Waals surface area contributed by atoms with Gasteiger partial charge in [0.05, 0.1) is 0 Å². The van der Waals surface area contributed by atoms with Crippen molar-refractivity contribution in [2.45, 2.75) is 0 Å². The first-order valence-corrected chi connectivity index (χ1v) is 4.01. The molecule has 0 aliphatic carbocycles. The van der Waals surface area contributed by atoms with Crippen LogP contribution in [0.1, 0.15) is 0 Å². The number of hydrogen-bond acceptors (Lipinski definition) is 3. The molecule has 0 heterocycles. The first-order chi connectivity index (χ1) is 6.41. The van der Waals surface area contributed by atoms with Crippen molar-refractivity contribution < 1.29 is 14.8 Å². The van der Waals surface area contributed by atoms with Gasteiger partial charge in [-0.05, 0) is 5.47 Å². The second-order valence-electron chi connectivity index (χ2n) is 2.91. The van der Waals surface area contributed by atoms with Crippen molar-refractivity contribution >= 4 is 13.0 Å². The van der Waals surface area contributed by atoms with Crippen molar-refractivity contribution in [2.75, 3.05) is 14.1 Å². The number of likely N-dealkylation sites (N-methyl/N-ethyl adjacent to an activating group) is 1. The molecule has 4 nitrogen and oxygen atoms in total. The largest absolute Gasteiger partial charge is 0.488 e. The highest BCUT2D eigenvalue weighted by Crippen LogP contribution is 2.11. The quantitative estimate of drug-likeness (QED) is 0.369. The summed E-state index contributed by atoms with van der Waals surface area (Å²) in [4.78, 5) is 12.8. The minimum Gasteiger partial charge on any atom is -0.423 e. The molecule has 0 aromatic carbocycles. The summed E-state index contributed by atoms with van der Waals surface area (Å²) >= 11 is 0. The molecule has 0 fully saturated rings. The monoisotopic (exact) mass is 195 g/mol. The Morgan fingerprint density at radius 1 is 1.43 bits per heavy atom. The van der Waals surface area contributed by atoms with Crippen LogP contribution in [-0.2, 0) is 4.79 Å². The second kappa shape index (κ2) is 5.41. The molecule has 0 radical (unpaired) electrons. The zero-order valence-corrected chi connectivity index (χ0v) is 8.40. The van der Waals surface area contributed by atoms with E-state index in [0.29, 0.717) is 0 Å². The maximum Gasteiger partial charge on any atom is 0.488 e. The van der Waals surface area contributed by atoms with Gasteiger partial charge < -0.3 is 14.9 Å². The molecule has 2 N–H and O–H groups in total. The van der Waals surface area contributed by atoms with Gasteiger partial charge in [-0.15, -0.1) is 0 Å². The number of carbonyl (C=O) groups excluding carboxylic acids is 1. The lowest BCUT2D eigenvalue weighted by molar-refractivity contribution is -0.124. The Morgan fingerprint density at radius 2 is 1.93 bits per heavy atom. The topological polar surface area (TPSA) is 60.8 Å². The van der Waals surface area contributed by atoms with E-state index in [1.54, 1.807) is 14.1 Å². The van der Waals surface area contributed by atoms with Crippen LogP contribution in [0.25, 0.3) is 0 Å². The average Bonchev–Trinajstić information content (AvgIpc) is 2.11. The van der Waals surface area contributed by atoms with Crippen LogP contribution in [0.15, 0.2) is 36.4 Å². The van der Waals surface area contributed by atoms with Gasteiger partial charge >= 0.3 is 7.12 Å². The van der Waals surface area contributed by atoms with Crippen molar-refractivity contribution in [3.63, 3.8) is 0 Å². The SMILES string of the molecule is C=C/C=C(\C(=C)B(O)O)C(=O)N(C)C. The lowest BCUT2D eigenvalue weighted by atomic mass is 9.75. The van der Waals surface area contributed by atoms with Gasteiger partial charge in [-0.1, -0.05) is 25.3 Å². The third kappa shape index (κ3) is 3.20. The summed E-state index contributed by atoms with van der Waals surface area (Å²) in [6.45, 7) is 6.85. The normalized spacial score (nSPS) is 10.7. The minimum atomic E-state index is -1.73. The van der Waals surface area contributed by atoms with Crippen LogP contribution in [0.4, 0.5) is 0 Å². The third-order valence-corrected chi connectivity index (χ3v) is 1.58. The van der Waals surface area contributed by atoms with Crippen molar-refractivity contribution in [2.24, 2.45) is 0 Å². The smallest absolute Gasteiger partial charge is 0.423 e. The van der Waals surface area contributed by atoms with Crippen molar-refractivity contribution in [3.8, 4) is 0 Å². The molecule has 0 aliphatic rings. The molecule has 5 heteroatoms. The highest BCUT2D eigenvalue weighted by molar-refractivity contribution is 6.53. The molecule has 1 amide bonds. The Balaban J connectivity index is 4.98. The number of hydrogen-bond donors (Lipinski definition) is 2. The maximum atomic E-state index is 11.5. The molecule has 0 atom stereocenters. The standard InChI is InChI=1S/C9H14BNO3/c1-5-6-8(7(2)10(13)14)9(12)11(3)4/h5-6,13-14H,1-2H2,3-4H3/b8-6+. The van der Waals surface area contributed by atoms with E-state index in [9.17, 15) is 4.79 Å². The van der Waals surface area contributed by atoms with Gasteiger partial charge in [-0.2, -0.15) is 0 Å². The molecule has 0 aromatic heterocycles. The summed E-state index contributed by atoms with van der Waals surface area (Å²) in [7, 11) is 1.40. The Bertz CT molecular complexity index is 260. The molecule has 76 valence electrons. The van der Waals surface area contributed by atoms with Gasteiger partial charge in [0.25, 0.3) is 5.91 Å². The van der Waals surface area contributed by atoms with E-state index in [0.717, 1.165) is 0 Å². The number of amides is 1. The Morgan fingerprint density at radius 3 is 2.21 bits per heavy atom. The Hall–Kier alpha value is -1.33. The summed E-state index contributed by atoms with van der Waals surface area (Å²) < 4.78 is 0. The molecule has 0 rings (SSSR count). The molecule has 0 aromatic rings. The van der Waals surface area contributed by atoms with Gasteiger partial charge in [-0.3, -0.25) is 4.79 Å². The van der Waals surface area contributed by atoms with Crippen LogP contribution in [0.5, 0.6) is 0 Å². The summed E-state index contributed by atoms with van der Waals surface area (Å²) in [5.41, 5.74) is 0.101. The van der Waals surface area contributed by atoms with Gasteiger partial charge in [0, 0.05) is 19.7 Å². The molecule has 0 aliphatic heterocycles. The molecular formula is C9H14BNO3. The number of rotatable bonds is 4. The lowest BCUT2D eigenvalue weighted by Gasteiger charge is -2.14. The zero-order chi connectivity index (χ0) is 11.3. The number of nitrogens with zero attached hydrogens (tertiary/aromatic N) is 1. The van der Waals surface area contributed by atoms with Crippen LogP contribution in [0, 0.1) is 0 Å². The summed E-state index contributed by atoms with van der Waals surface area (Å²) in [6.07, 6.45) is 2.79. The minimum absolute atomic E-state index is 0.0383. The van der Waals surface area contributed by atoms with E-state index in [1.165, 1.54) is 17.1 Å². The van der Waals surface area contributed by atoms with E-state index in [-0.39, 0.29) is 17.0 Å². The molecule has 0 bridgehead atoms. The fourth-order valence-corrected chi connectivity index (χ4v) is 0.814. The van der Waals surface area contributed by atoms with Gasteiger partial charge in [0.15, 0.2) is 0 Å². The fourth-order valence-electron chi connectivity index (χ4n) is 0.814. The Labute approximate surface area is 84.0 Å². The Kier molecular flexibility index (Phi) is 4.90. The highest BCUT2D eigenvalue weighted by atomic mass is 16.4. The molecule has 14 heavy (non-hydrogen) atoms. The third-order valence-electron chi connectivity index (χ3n) is 1.58. The van der Waals surface area contributed by atoms with E-state index >= 15 is 0 Å². The van der Waals surface area contributed by atoms with Crippen LogP contribution in [0.3, 0.4) is 0 Å². The predicted molar refractivity (Wildman–Crippen MR) is 56.3 cm³/mol. The van der Waals surface area contributed by atoms with Crippen LogP contribution in [-0.4, -0.2) is 42.1 Å². The lowest BCUT2D eigenvalue weighted by Crippen LogP contribution is -2.28. The average molecular weight is 195 g/mol. The van der Waals surface area contributed by atoms with E-state index in [1.807, 2.05) is 0 Å². The van der Waals surface area contributed by atoms with Crippen molar-refractivity contribution in [1.82, 2.24) is 4.90 Å². The van der Waals surface area contributed by atoms with Crippen LogP contribution < -0.4 is 0 Å². The predicted octanol–water partition coefficient (Wildman–Crippen LogP) is -0.245. The first kappa shape index (κ1) is 12.7. The second-order valence-corrected chi connectivity index (χ2v) is 2.91. The van der Waals surface area contributed by atoms with E-state index < -0.39 is 7.12 Å². The van der Waals surface area contributed by atoms with Gasteiger partial charge in [-0.25, -0.2) is 0 Å². The molecule has 0 saturated carbocycles. The maximum absolute atomic E-state index is 11.5.